The average Bonchev–Trinajstić information content (AvgIpc) is 3.45. The zero-order valence-electron chi connectivity index (χ0n) is 16.7. The van der Waals surface area contributed by atoms with E-state index in [0.29, 0.717) is 16.4 Å². The maximum Gasteiger partial charge on any atom is 0.283 e. The highest BCUT2D eigenvalue weighted by Crippen LogP contribution is 2.56. The molecule has 0 saturated heterocycles. The van der Waals surface area contributed by atoms with Crippen molar-refractivity contribution in [3.05, 3.63) is 64.3 Å². The molecule has 7 nitrogen and oxygen atoms in total. The summed E-state index contributed by atoms with van der Waals surface area (Å²) in [4.78, 5) is 21.0. The van der Waals surface area contributed by atoms with Crippen LogP contribution in [0, 0.1) is 18.7 Å². The van der Waals surface area contributed by atoms with Crippen molar-refractivity contribution in [2.45, 2.75) is 31.4 Å². The van der Waals surface area contributed by atoms with Gasteiger partial charge in [-0.25, -0.2) is 23.1 Å². The minimum atomic E-state index is -3.02. The van der Waals surface area contributed by atoms with Crippen molar-refractivity contribution in [1.82, 2.24) is 9.38 Å². The summed E-state index contributed by atoms with van der Waals surface area (Å²) < 4.78 is 50.1. The van der Waals surface area contributed by atoms with Gasteiger partial charge in [-0.15, -0.1) is 0 Å². The lowest BCUT2D eigenvalue weighted by molar-refractivity contribution is 0.0177. The van der Waals surface area contributed by atoms with E-state index < -0.39 is 41.7 Å². The highest BCUT2D eigenvalue weighted by Gasteiger charge is 2.64. The number of aliphatic imine (C=N–C) groups is 1. The van der Waals surface area contributed by atoms with E-state index in [4.69, 9.17) is 22.1 Å². The molecule has 5 rings (SSSR count). The summed E-state index contributed by atoms with van der Waals surface area (Å²) in [6.07, 6.45) is -1.65. The second kappa shape index (κ2) is 7.13. The lowest BCUT2D eigenvalue weighted by Crippen LogP contribution is -2.43. The van der Waals surface area contributed by atoms with Crippen LogP contribution in [0.3, 0.4) is 0 Å². The number of nitrogens with two attached hydrogens (primary N) is 1. The predicted octanol–water partition coefficient (Wildman–Crippen LogP) is 3.88. The monoisotopic (exact) mass is 463 g/mol. The van der Waals surface area contributed by atoms with Crippen LogP contribution in [0.5, 0.6) is 0 Å². The van der Waals surface area contributed by atoms with E-state index in [-0.39, 0.29) is 23.4 Å². The van der Waals surface area contributed by atoms with Gasteiger partial charge in [0.05, 0.1) is 10.7 Å². The largest absolute Gasteiger partial charge is 0.462 e. The van der Waals surface area contributed by atoms with Gasteiger partial charge in [-0.2, -0.15) is 0 Å². The summed E-state index contributed by atoms with van der Waals surface area (Å²) in [5, 5.41) is 3.08. The van der Waals surface area contributed by atoms with Crippen LogP contribution in [0.4, 0.5) is 18.9 Å². The molecule has 1 amide bonds. The number of anilines is 1. The van der Waals surface area contributed by atoms with Crippen LogP contribution >= 0.6 is 11.6 Å². The lowest BCUT2D eigenvalue weighted by atomic mass is 9.84. The molecule has 1 aliphatic carbocycles. The van der Waals surface area contributed by atoms with Crippen LogP contribution in [0.1, 0.15) is 28.2 Å². The molecule has 1 aliphatic heterocycles. The number of hydrogen-bond acceptors (Lipinski definition) is 5. The predicted molar refractivity (Wildman–Crippen MR) is 112 cm³/mol. The van der Waals surface area contributed by atoms with Gasteiger partial charge < -0.3 is 20.2 Å². The van der Waals surface area contributed by atoms with Gasteiger partial charge in [-0.1, -0.05) is 11.6 Å². The average molecular weight is 464 g/mol. The number of carbonyl (C=O) groups excluding carboxylic acids is 1. The molecular weight excluding hydrogens is 447 g/mol. The van der Waals surface area contributed by atoms with E-state index in [1.807, 2.05) is 0 Å². The minimum absolute atomic E-state index is 0.123. The van der Waals surface area contributed by atoms with Crippen LogP contribution in [-0.2, 0) is 10.3 Å². The number of hydrogen-bond donors (Lipinski definition) is 2. The maximum absolute atomic E-state index is 14.8. The third-order valence-corrected chi connectivity index (χ3v) is 6.11. The molecule has 3 heterocycles. The summed E-state index contributed by atoms with van der Waals surface area (Å²) in [6, 6.07) is 6.37. The normalized spacial score (nSPS) is 24.1. The molecule has 3 N–H and O–H groups in total. The van der Waals surface area contributed by atoms with Crippen LogP contribution in [-0.4, -0.2) is 33.8 Å². The van der Waals surface area contributed by atoms with Crippen molar-refractivity contribution in [2.75, 3.05) is 5.32 Å². The van der Waals surface area contributed by atoms with E-state index in [2.05, 4.69) is 15.3 Å². The molecule has 1 saturated carbocycles. The fourth-order valence-corrected chi connectivity index (χ4v) is 4.41. The van der Waals surface area contributed by atoms with Crippen molar-refractivity contribution in [3.8, 4) is 0 Å². The Bertz CT molecular complexity index is 1290. The highest BCUT2D eigenvalue weighted by molar-refractivity contribution is 6.30. The number of nitrogens with one attached hydrogen (secondary N) is 1. The summed E-state index contributed by atoms with van der Waals surface area (Å²) >= 11 is 6.00. The standard InChI is InChI=1S/C21H17ClF3N5O2/c1-9-17(28-16-5-2-10(22)8-30(9)16)18(31)27-11-3-4-14(23)12(6-11)21(19(24)25)13-7-15(13)32-20(26)29-21/h2-6,8,13,15,19H,7H2,1H3,(H2,26,29)(H,27,31)/t13?,15-,21-/m1/s1. The Morgan fingerprint density at radius 1 is 1.38 bits per heavy atom. The molecule has 166 valence electrons. The van der Waals surface area contributed by atoms with Gasteiger partial charge in [-0.05, 0) is 43.7 Å². The Labute approximate surface area is 185 Å². The third-order valence-electron chi connectivity index (χ3n) is 5.89. The molecule has 0 radical (unpaired) electrons. The molecular formula is C21H17ClF3N5O2. The second-order valence-electron chi connectivity index (χ2n) is 7.84. The Hall–Kier alpha value is -3.27. The van der Waals surface area contributed by atoms with Gasteiger partial charge >= 0.3 is 0 Å². The molecule has 1 fully saturated rings. The van der Waals surface area contributed by atoms with E-state index in [0.717, 1.165) is 6.07 Å². The number of carbonyl (C=O) groups is 1. The zero-order chi connectivity index (χ0) is 22.8. The van der Waals surface area contributed by atoms with E-state index >= 15 is 0 Å². The van der Waals surface area contributed by atoms with Crippen molar-refractivity contribution in [2.24, 2.45) is 16.6 Å². The topological polar surface area (TPSA) is 94.0 Å². The number of amidine groups is 1. The number of benzene rings is 1. The van der Waals surface area contributed by atoms with Crippen LogP contribution in [0.15, 0.2) is 41.5 Å². The molecule has 2 aromatic heterocycles. The Balaban J connectivity index is 1.52. The molecule has 1 unspecified atom stereocenters. The van der Waals surface area contributed by atoms with E-state index in [1.165, 1.54) is 12.1 Å². The number of alkyl halides is 2. The highest BCUT2D eigenvalue weighted by atomic mass is 35.5. The van der Waals surface area contributed by atoms with Crippen LogP contribution < -0.4 is 11.1 Å². The van der Waals surface area contributed by atoms with E-state index in [1.54, 1.807) is 29.7 Å². The Morgan fingerprint density at radius 3 is 2.91 bits per heavy atom. The fraction of sp³-hybridized carbons (Fsp3) is 0.286. The third kappa shape index (κ3) is 3.09. The van der Waals surface area contributed by atoms with Crippen molar-refractivity contribution < 1.29 is 22.7 Å². The smallest absolute Gasteiger partial charge is 0.283 e. The molecule has 3 atom stereocenters. The summed E-state index contributed by atoms with van der Waals surface area (Å²) in [5.74, 6) is -2.16. The summed E-state index contributed by atoms with van der Waals surface area (Å²) in [7, 11) is 0. The second-order valence-corrected chi connectivity index (χ2v) is 8.28. The van der Waals surface area contributed by atoms with Gasteiger partial charge in [0, 0.05) is 23.4 Å². The van der Waals surface area contributed by atoms with Gasteiger partial charge in [0.2, 0.25) is 0 Å². The van der Waals surface area contributed by atoms with Gasteiger partial charge in [0.25, 0.3) is 18.4 Å². The first-order valence-electron chi connectivity index (χ1n) is 9.76. The summed E-state index contributed by atoms with van der Waals surface area (Å²) in [6.45, 7) is 1.69. The first-order chi connectivity index (χ1) is 15.2. The number of fused-ring (bicyclic) bond motifs is 2. The number of rotatable bonds is 4. The van der Waals surface area contributed by atoms with E-state index in [9.17, 15) is 18.0 Å². The number of halogens is 4. The van der Waals surface area contributed by atoms with Crippen LogP contribution in [0.25, 0.3) is 5.65 Å². The Morgan fingerprint density at radius 2 is 2.16 bits per heavy atom. The number of pyridine rings is 1. The quantitative estimate of drug-likeness (QED) is 0.614. The maximum atomic E-state index is 14.8. The number of ether oxygens (including phenoxy) is 1. The van der Waals surface area contributed by atoms with Crippen LogP contribution in [0.2, 0.25) is 5.02 Å². The molecule has 11 heteroatoms. The first kappa shape index (κ1) is 20.6. The fourth-order valence-electron chi connectivity index (χ4n) is 4.25. The number of imidazole rings is 1. The summed E-state index contributed by atoms with van der Waals surface area (Å²) in [5.41, 5.74) is 4.37. The SMILES string of the molecule is Cc1c(C(=O)Nc2ccc(F)c([C@@]3(C(F)F)N=C(N)O[C@@H]4CC43)c2)nc2ccc(Cl)cn12. The molecule has 1 aromatic carbocycles. The van der Waals surface area contributed by atoms with Crippen molar-refractivity contribution in [3.63, 3.8) is 0 Å². The molecule has 0 bridgehead atoms. The van der Waals surface area contributed by atoms with Gasteiger partial charge in [0.1, 0.15) is 23.3 Å². The zero-order valence-corrected chi connectivity index (χ0v) is 17.4. The minimum Gasteiger partial charge on any atom is -0.462 e. The lowest BCUT2D eigenvalue weighted by Gasteiger charge is -2.33. The molecule has 3 aromatic rings. The Kier molecular flexibility index (Phi) is 4.59. The van der Waals surface area contributed by atoms with Gasteiger partial charge in [0.15, 0.2) is 5.54 Å². The van der Waals surface area contributed by atoms with Gasteiger partial charge in [-0.3, -0.25) is 4.79 Å². The number of aromatic nitrogens is 2. The molecule has 0 spiro atoms. The number of amides is 1. The van der Waals surface area contributed by atoms with Crippen molar-refractivity contribution >= 4 is 34.9 Å². The first-order valence-corrected chi connectivity index (χ1v) is 10.1. The van der Waals surface area contributed by atoms with Crippen molar-refractivity contribution in [1.29, 1.82) is 0 Å². The molecule has 32 heavy (non-hydrogen) atoms. The number of aryl methyl sites for hydroxylation is 1. The number of nitrogens with zero attached hydrogens (tertiary/aromatic N) is 3. The molecule has 2 aliphatic rings.